The molecule has 1 fully saturated rings. The Labute approximate surface area is 162 Å². The molecule has 148 valence electrons. The third-order valence-electron chi connectivity index (χ3n) is 4.26. The summed E-state index contributed by atoms with van der Waals surface area (Å²) in [4.78, 5) is 38.6. The molecule has 8 nitrogen and oxygen atoms in total. The fourth-order valence-electron chi connectivity index (χ4n) is 2.80. The minimum atomic E-state index is -1.02. The molecule has 1 N–H and O–H groups in total. The van der Waals surface area contributed by atoms with Crippen LogP contribution in [-0.4, -0.2) is 55.5 Å². The fraction of sp³-hybridized carbons (Fsp3) is 0.350. The highest BCUT2D eigenvalue weighted by atomic mass is 16.5. The smallest absolute Gasteiger partial charge is 0.308 e. The van der Waals surface area contributed by atoms with E-state index in [2.05, 4.69) is 5.32 Å². The summed E-state index contributed by atoms with van der Waals surface area (Å²) in [5, 5.41) is 2.58. The lowest BCUT2D eigenvalue weighted by atomic mass is 10.1. The van der Waals surface area contributed by atoms with Crippen molar-refractivity contribution in [2.24, 2.45) is 0 Å². The molecule has 2 heterocycles. The van der Waals surface area contributed by atoms with E-state index in [0.29, 0.717) is 31.9 Å². The Bertz CT molecular complexity index is 784. The van der Waals surface area contributed by atoms with Gasteiger partial charge in [-0.05, 0) is 12.1 Å². The number of morpholine rings is 1. The van der Waals surface area contributed by atoms with Gasteiger partial charge >= 0.3 is 5.97 Å². The van der Waals surface area contributed by atoms with Gasteiger partial charge in [0.25, 0.3) is 11.8 Å². The first kappa shape index (κ1) is 19.6. The van der Waals surface area contributed by atoms with Crippen molar-refractivity contribution in [1.82, 2.24) is 10.2 Å². The van der Waals surface area contributed by atoms with Gasteiger partial charge in [-0.25, -0.2) is 0 Å². The van der Waals surface area contributed by atoms with E-state index in [9.17, 15) is 14.4 Å². The summed E-state index contributed by atoms with van der Waals surface area (Å²) in [5.41, 5.74) is 0.604. The molecule has 28 heavy (non-hydrogen) atoms. The van der Waals surface area contributed by atoms with E-state index in [1.807, 2.05) is 6.07 Å². The van der Waals surface area contributed by atoms with Crippen LogP contribution in [0.2, 0.25) is 0 Å². The summed E-state index contributed by atoms with van der Waals surface area (Å²) < 4.78 is 15.7. The largest absolute Gasteiger partial charge is 0.459 e. The fourth-order valence-corrected chi connectivity index (χ4v) is 2.80. The zero-order valence-corrected chi connectivity index (χ0v) is 15.3. The van der Waals surface area contributed by atoms with Gasteiger partial charge in [-0.1, -0.05) is 30.3 Å². The zero-order chi connectivity index (χ0) is 19.8. The van der Waals surface area contributed by atoms with E-state index >= 15 is 0 Å². The first-order chi connectivity index (χ1) is 13.6. The number of carbonyl (C=O) groups is 3. The van der Waals surface area contributed by atoms with Crippen LogP contribution >= 0.6 is 0 Å². The summed E-state index contributed by atoms with van der Waals surface area (Å²) >= 11 is 0. The number of esters is 1. The zero-order valence-electron chi connectivity index (χ0n) is 15.3. The van der Waals surface area contributed by atoms with Crippen LogP contribution in [0.1, 0.15) is 28.6 Å². The molecule has 3 rings (SSSR count). The number of hydrogen-bond acceptors (Lipinski definition) is 6. The van der Waals surface area contributed by atoms with Crippen molar-refractivity contribution >= 4 is 17.8 Å². The Hall–Kier alpha value is -3.13. The van der Waals surface area contributed by atoms with Gasteiger partial charge in [0, 0.05) is 25.2 Å². The van der Waals surface area contributed by atoms with Crippen molar-refractivity contribution in [1.29, 1.82) is 0 Å². The molecule has 1 aliphatic heterocycles. The molecular formula is C20H22N2O6. The minimum absolute atomic E-state index is 0.0633. The first-order valence-electron chi connectivity index (χ1n) is 9.08. The summed E-state index contributed by atoms with van der Waals surface area (Å²) in [7, 11) is 0. The van der Waals surface area contributed by atoms with Gasteiger partial charge in [-0.3, -0.25) is 14.4 Å². The molecule has 0 bridgehead atoms. The molecule has 1 aromatic carbocycles. The molecule has 0 unspecified atom stereocenters. The van der Waals surface area contributed by atoms with Gasteiger partial charge in [0.2, 0.25) is 6.10 Å². The molecular weight excluding hydrogens is 364 g/mol. The first-order valence-corrected chi connectivity index (χ1v) is 9.08. The highest BCUT2D eigenvalue weighted by molar-refractivity contribution is 5.91. The maximum Gasteiger partial charge on any atom is 0.308 e. The number of amides is 2. The third-order valence-corrected chi connectivity index (χ3v) is 4.26. The minimum Gasteiger partial charge on any atom is -0.459 e. The van der Waals surface area contributed by atoms with Crippen molar-refractivity contribution < 1.29 is 28.3 Å². The Balaban J connectivity index is 1.58. The summed E-state index contributed by atoms with van der Waals surface area (Å²) in [6.45, 7) is 1.91. The van der Waals surface area contributed by atoms with Crippen LogP contribution in [0.4, 0.5) is 0 Å². The normalized spacial score (nSPS) is 14.9. The van der Waals surface area contributed by atoms with Gasteiger partial charge in [0.05, 0.1) is 25.9 Å². The highest BCUT2D eigenvalue weighted by Crippen LogP contribution is 2.21. The standard InChI is InChI=1S/C20H22N2O6/c23-17(8-9-21-19(24)16-7-4-12-27-16)28-18(15-5-2-1-3-6-15)20(25)22-10-13-26-14-11-22/h1-7,12,18H,8-11,13-14H2,(H,21,24)/t18-/m0/s1. The van der Waals surface area contributed by atoms with Crippen LogP contribution in [0.5, 0.6) is 0 Å². The van der Waals surface area contributed by atoms with Crippen molar-refractivity contribution in [3.63, 3.8) is 0 Å². The number of nitrogens with zero attached hydrogens (tertiary/aromatic N) is 1. The van der Waals surface area contributed by atoms with Gasteiger partial charge in [0.15, 0.2) is 5.76 Å². The van der Waals surface area contributed by atoms with E-state index < -0.39 is 18.0 Å². The number of ether oxygens (including phenoxy) is 2. The second-order valence-electron chi connectivity index (χ2n) is 6.20. The molecule has 2 amide bonds. The molecule has 1 aromatic heterocycles. The van der Waals surface area contributed by atoms with Crippen LogP contribution in [0.3, 0.4) is 0 Å². The number of carbonyl (C=O) groups excluding carboxylic acids is 3. The van der Waals surface area contributed by atoms with E-state index in [1.54, 1.807) is 35.2 Å². The van der Waals surface area contributed by atoms with Crippen molar-refractivity contribution in [2.75, 3.05) is 32.8 Å². The Morgan fingerprint density at radius 2 is 1.82 bits per heavy atom. The van der Waals surface area contributed by atoms with Crippen LogP contribution in [0.15, 0.2) is 53.1 Å². The van der Waals surface area contributed by atoms with Gasteiger partial charge in [0.1, 0.15) is 0 Å². The maximum absolute atomic E-state index is 12.9. The lowest BCUT2D eigenvalue weighted by molar-refractivity contribution is -0.162. The predicted octanol–water partition coefficient (Wildman–Crippen LogP) is 1.54. The van der Waals surface area contributed by atoms with Gasteiger partial charge < -0.3 is 24.1 Å². The maximum atomic E-state index is 12.9. The van der Waals surface area contributed by atoms with Gasteiger partial charge in [-0.2, -0.15) is 0 Å². The molecule has 0 saturated carbocycles. The highest BCUT2D eigenvalue weighted by Gasteiger charge is 2.30. The predicted molar refractivity (Wildman–Crippen MR) is 98.3 cm³/mol. The summed E-state index contributed by atoms with van der Waals surface area (Å²) in [6.07, 6.45) is 0.310. The number of furan rings is 1. The number of benzene rings is 1. The van der Waals surface area contributed by atoms with E-state index in [4.69, 9.17) is 13.9 Å². The van der Waals surface area contributed by atoms with E-state index in [0.717, 1.165) is 0 Å². The topological polar surface area (TPSA) is 98.1 Å². The molecule has 0 aliphatic carbocycles. The third kappa shape index (κ3) is 5.20. The Morgan fingerprint density at radius 1 is 1.07 bits per heavy atom. The lowest BCUT2D eigenvalue weighted by Crippen LogP contribution is -2.44. The molecule has 1 aliphatic rings. The van der Waals surface area contributed by atoms with Gasteiger partial charge in [-0.15, -0.1) is 0 Å². The summed E-state index contributed by atoms with van der Waals surface area (Å²) in [6, 6.07) is 12.0. The monoisotopic (exact) mass is 386 g/mol. The average molecular weight is 386 g/mol. The van der Waals surface area contributed by atoms with Crippen LogP contribution in [0.25, 0.3) is 0 Å². The molecule has 0 radical (unpaired) electrons. The second kappa shape index (κ2) is 9.70. The van der Waals surface area contributed by atoms with Crippen LogP contribution in [0, 0.1) is 0 Å². The number of nitrogens with one attached hydrogen (secondary N) is 1. The van der Waals surface area contributed by atoms with Crippen molar-refractivity contribution in [3.05, 3.63) is 60.1 Å². The average Bonchev–Trinajstić information content (AvgIpc) is 3.28. The molecule has 1 saturated heterocycles. The molecule has 8 heteroatoms. The van der Waals surface area contributed by atoms with Crippen molar-refractivity contribution in [2.45, 2.75) is 12.5 Å². The SMILES string of the molecule is O=C(CCNC(=O)c1ccco1)O[C@H](C(=O)N1CCOCC1)c1ccccc1. The summed E-state index contributed by atoms with van der Waals surface area (Å²) in [5.74, 6) is -1.10. The Kier molecular flexibility index (Phi) is 6.80. The molecule has 1 atom stereocenters. The van der Waals surface area contributed by atoms with Crippen LogP contribution in [-0.2, 0) is 19.1 Å². The van der Waals surface area contributed by atoms with Crippen LogP contribution < -0.4 is 5.32 Å². The molecule has 2 aromatic rings. The van der Waals surface area contributed by atoms with Crippen molar-refractivity contribution in [3.8, 4) is 0 Å². The lowest BCUT2D eigenvalue weighted by Gasteiger charge is -2.30. The number of rotatable bonds is 7. The molecule has 0 spiro atoms. The van der Waals surface area contributed by atoms with E-state index in [1.165, 1.54) is 12.3 Å². The van der Waals surface area contributed by atoms with E-state index in [-0.39, 0.29) is 24.6 Å². The quantitative estimate of drug-likeness (QED) is 0.725. The Morgan fingerprint density at radius 3 is 2.50 bits per heavy atom. The second-order valence-corrected chi connectivity index (χ2v) is 6.20. The number of hydrogen-bond donors (Lipinski definition) is 1.